The Labute approximate surface area is 142 Å². The van der Waals surface area contributed by atoms with Crippen molar-refractivity contribution in [3.8, 4) is 0 Å². The summed E-state index contributed by atoms with van der Waals surface area (Å²) in [4.78, 5) is 20.9. The van der Waals surface area contributed by atoms with Crippen molar-refractivity contribution in [1.82, 2.24) is 4.98 Å². The molecule has 6 nitrogen and oxygen atoms in total. The lowest BCUT2D eigenvalue weighted by molar-refractivity contribution is 0.0601. The maximum absolute atomic E-state index is 11.7. The molecule has 0 aliphatic rings. The van der Waals surface area contributed by atoms with Gasteiger partial charge in [-0.1, -0.05) is 0 Å². The van der Waals surface area contributed by atoms with Gasteiger partial charge in [0.15, 0.2) is 11.4 Å². The molecule has 0 saturated heterocycles. The molecule has 1 aromatic heterocycles. The van der Waals surface area contributed by atoms with Crippen LogP contribution in [-0.2, 0) is 4.74 Å². The summed E-state index contributed by atoms with van der Waals surface area (Å²) >= 11 is 0. The summed E-state index contributed by atoms with van der Waals surface area (Å²) in [5.74, 6) is 0.138. The highest BCUT2D eigenvalue weighted by Gasteiger charge is 2.17. The lowest BCUT2D eigenvalue weighted by Gasteiger charge is -2.21. The first kappa shape index (κ1) is 18.0. The number of aromatic nitrogens is 1. The molecule has 0 radical (unpaired) electrons. The Bertz CT molecular complexity index is 824. The number of nitrogens with zero attached hydrogens (tertiary/aromatic N) is 2. The van der Waals surface area contributed by atoms with Crippen molar-refractivity contribution in [3.63, 3.8) is 0 Å². The van der Waals surface area contributed by atoms with E-state index in [1.54, 1.807) is 18.2 Å². The van der Waals surface area contributed by atoms with Crippen LogP contribution >= 0.6 is 0 Å². The summed E-state index contributed by atoms with van der Waals surface area (Å²) in [5, 5.41) is 3.31. The Morgan fingerprint density at radius 1 is 1.21 bits per heavy atom. The fourth-order valence-electron chi connectivity index (χ4n) is 2.07. The molecule has 0 amide bonds. The van der Waals surface area contributed by atoms with Crippen LogP contribution in [0.3, 0.4) is 0 Å². The van der Waals surface area contributed by atoms with Gasteiger partial charge in [-0.25, -0.2) is 14.8 Å². The van der Waals surface area contributed by atoms with Crippen LogP contribution in [0.2, 0.25) is 0 Å². The van der Waals surface area contributed by atoms with Gasteiger partial charge in [-0.05, 0) is 59.7 Å². The highest BCUT2D eigenvalue weighted by molar-refractivity contribution is 5.93. The number of hydrogen-bond acceptors (Lipinski definition) is 6. The van der Waals surface area contributed by atoms with E-state index < -0.39 is 5.97 Å². The molecule has 0 atom stereocenters. The lowest BCUT2D eigenvalue weighted by Crippen LogP contribution is -2.31. The third kappa shape index (κ3) is 4.57. The number of hydrogen-bond donors (Lipinski definition) is 1. The van der Waals surface area contributed by atoms with Crippen LogP contribution in [0.4, 0.5) is 5.82 Å². The first-order valence-electron chi connectivity index (χ1n) is 7.86. The maximum atomic E-state index is 11.7. The van der Waals surface area contributed by atoms with Gasteiger partial charge in [-0.15, -0.1) is 0 Å². The van der Waals surface area contributed by atoms with E-state index >= 15 is 0 Å². The van der Waals surface area contributed by atoms with E-state index in [9.17, 15) is 4.79 Å². The summed E-state index contributed by atoms with van der Waals surface area (Å²) < 4.78 is 10.7. The van der Waals surface area contributed by atoms with E-state index in [4.69, 9.17) is 9.15 Å². The molecule has 0 fully saturated rings. The number of ether oxygens (including phenoxy) is 1. The second kappa shape index (κ2) is 6.26. The second-order valence-corrected chi connectivity index (χ2v) is 7.70. The van der Waals surface area contributed by atoms with Crippen LogP contribution in [0.5, 0.6) is 0 Å². The summed E-state index contributed by atoms with van der Waals surface area (Å²) in [5.41, 5.74) is 1.48. The number of benzene rings is 1. The SMILES string of the molecule is COC(=O)c1ccc2oc(=NC(C)(C)C)c(NC(C)(C)C)nc2c1. The van der Waals surface area contributed by atoms with E-state index in [1.807, 2.05) is 41.5 Å². The standard InChI is InChI=1S/C18H25N3O3/c1-17(2,3)20-14-15(21-18(4,5)6)24-13-9-8-11(16(22)23-7)10-12(13)19-14/h8-10H,1-7H3,(H,19,20). The van der Waals surface area contributed by atoms with E-state index in [-0.39, 0.29) is 11.1 Å². The minimum atomic E-state index is -0.410. The Morgan fingerprint density at radius 3 is 2.42 bits per heavy atom. The zero-order chi connectivity index (χ0) is 18.1. The number of carbonyl (C=O) groups excluding carboxylic acids is 1. The van der Waals surface area contributed by atoms with E-state index in [0.29, 0.717) is 28.0 Å². The van der Waals surface area contributed by atoms with Crippen LogP contribution in [-0.4, -0.2) is 29.1 Å². The molecule has 0 bridgehead atoms. The van der Waals surface area contributed by atoms with Crippen molar-refractivity contribution in [3.05, 3.63) is 29.3 Å². The molecule has 1 heterocycles. The monoisotopic (exact) mass is 331 g/mol. The minimum absolute atomic E-state index is 0.210. The van der Waals surface area contributed by atoms with Crippen LogP contribution in [0, 0.1) is 0 Å². The van der Waals surface area contributed by atoms with Gasteiger partial charge < -0.3 is 14.5 Å². The Balaban J connectivity index is 2.70. The van der Waals surface area contributed by atoms with Gasteiger partial charge in [0, 0.05) is 5.54 Å². The normalized spacial score (nSPS) is 13.2. The number of nitrogens with one attached hydrogen (secondary N) is 1. The molecule has 0 aliphatic heterocycles. The Kier molecular flexibility index (Phi) is 4.69. The summed E-state index contributed by atoms with van der Waals surface area (Å²) in [6.45, 7) is 12.1. The van der Waals surface area contributed by atoms with Gasteiger partial charge in [0.25, 0.3) is 5.55 Å². The first-order chi connectivity index (χ1) is 11.0. The third-order valence-electron chi connectivity index (χ3n) is 2.95. The van der Waals surface area contributed by atoms with Crippen molar-refractivity contribution >= 4 is 22.9 Å². The van der Waals surface area contributed by atoms with Crippen LogP contribution in [0.25, 0.3) is 11.1 Å². The predicted octanol–water partition coefficient (Wildman–Crippen LogP) is 3.52. The van der Waals surface area contributed by atoms with Gasteiger partial charge in [0.05, 0.1) is 18.2 Å². The Morgan fingerprint density at radius 2 is 1.88 bits per heavy atom. The Hall–Kier alpha value is -2.37. The fourth-order valence-corrected chi connectivity index (χ4v) is 2.07. The van der Waals surface area contributed by atoms with E-state index in [2.05, 4.69) is 15.3 Å². The van der Waals surface area contributed by atoms with Crippen molar-refractivity contribution in [2.45, 2.75) is 52.6 Å². The highest BCUT2D eigenvalue weighted by Crippen LogP contribution is 2.18. The van der Waals surface area contributed by atoms with E-state index in [1.165, 1.54) is 7.11 Å². The molecule has 24 heavy (non-hydrogen) atoms. The molecular weight excluding hydrogens is 306 g/mol. The topological polar surface area (TPSA) is 76.7 Å². The van der Waals surface area contributed by atoms with Crippen molar-refractivity contribution in [1.29, 1.82) is 0 Å². The second-order valence-electron chi connectivity index (χ2n) is 7.70. The van der Waals surface area contributed by atoms with Crippen molar-refractivity contribution < 1.29 is 13.9 Å². The number of carbonyl (C=O) groups is 1. The molecule has 130 valence electrons. The molecular formula is C18H25N3O3. The quantitative estimate of drug-likeness (QED) is 0.852. The molecule has 2 rings (SSSR count). The molecule has 1 aromatic carbocycles. The van der Waals surface area contributed by atoms with Crippen LogP contribution < -0.4 is 10.9 Å². The minimum Gasteiger partial charge on any atom is -0.465 e. The number of anilines is 1. The van der Waals surface area contributed by atoms with Gasteiger partial charge in [0.1, 0.15) is 5.52 Å². The van der Waals surface area contributed by atoms with Gasteiger partial charge in [-0.3, -0.25) is 0 Å². The van der Waals surface area contributed by atoms with Crippen molar-refractivity contribution in [2.75, 3.05) is 12.4 Å². The zero-order valence-corrected chi connectivity index (χ0v) is 15.4. The zero-order valence-electron chi connectivity index (χ0n) is 15.4. The molecule has 1 N–H and O–H groups in total. The number of methoxy groups -OCH3 is 1. The largest absolute Gasteiger partial charge is 0.465 e. The summed E-state index contributed by atoms with van der Waals surface area (Å²) in [7, 11) is 1.35. The molecule has 0 unspecified atom stereocenters. The fraction of sp³-hybridized carbons (Fsp3) is 0.500. The van der Waals surface area contributed by atoms with Crippen molar-refractivity contribution in [2.24, 2.45) is 4.99 Å². The molecule has 0 aliphatic carbocycles. The molecule has 2 aromatic rings. The first-order valence-corrected chi connectivity index (χ1v) is 7.86. The summed E-state index contributed by atoms with van der Waals surface area (Å²) in [6, 6.07) is 5.01. The smallest absolute Gasteiger partial charge is 0.337 e. The molecule has 0 spiro atoms. The summed E-state index contributed by atoms with van der Waals surface area (Å²) in [6.07, 6.45) is 0. The van der Waals surface area contributed by atoms with E-state index in [0.717, 1.165) is 0 Å². The number of fused-ring (bicyclic) bond motifs is 1. The highest BCUT2D eigenvalue weighted by atomic mass is 16.5. The molecule has 6 heteroatoms. The maximum Gasteiger partial charge on any atom is 0.337 e. The lowest BCUT2D eigenvalue weighted by atomic mass is 10.1. The number of esters is 1. The van der Waals surface area contributed by atoms with Crippen LogP contribution in [0.15, 0.2) is 27.6 Å². The van der Waals surface area contributed by atoms with Gasteiger partial charge >= 0.3 is 5.97 Å². The predicted molar refractivity (Wildman–Crippen MR) is 94.0 cm³/mol. The average molecular weight is 331 g/mol. The molecule has 0 saturated carbocycles. The number of rotatable bonds is 2. The third-order valence-corrected chi connectivity index (χ3v) is 2.95. The average Bonchev–Trinajstić information content (AvgIpc) is 2.43. The van der Waals surface area contributed by atoms with Gasteiger partial charge in [0.2, 0.25) is 0 Å². The van der Waals surface area contributed by atoms with Crippen LogP contribution in [0.1, 0.15) is 51.9 Å². The van der Waals surface area contributed by atoms with Gasteiger partial charge in [-0.2, -0.15) is 0 Å².